The Balaban J connectivity index is 0. The highest BCUT2D eigenvalue weighted by Gasteiger charge is 2.12. The van der Waals surface area contributed by atoms with Gasteiger partial charge in [-0.25, -0.2) is 4.79 Å². The first kappa shape index (κ1) is 26.0. The molecule has 0 aliphatic rings. The summed E-state index contributed by atoms with van der Waals surface area (Å²) in [6.07, 6.45) is 0. The molecule has 1 rings (SSSR count). The zero-order valence-corrected chi connectivity index (χ0v) is 17.5. The number of carbonyl (C=O) groups excluding carboxylic acids is 1. The molecule has 0 spiro atoms. The van der Waals surface area contributed by atoms with Crippen molar-refractivity contribution >= 4 is 16.1 Å². The second kappa shape index (κ2) is 12.2. The zero-order chi connectivity index (χ0) is 18.8. The van der Waals surface area contributed by atoms with Gasteiger partial charge in [0, 0.05) is 5.57 Å². The average molecular weight is 439 g/mol. The van der Waals surface area contributed by atoms with Gasteiger partial charge in [-0.05, 0) is 19.1 Å². The Labute approximate surface area is 160 Å². The summed E-state index contributed by atoms with van der Waals surface area (Å²) in [5, 5.41) is 0. The van der Waals surface area contributed by atoms with Gasteiger partial charge in [-0.3, -0.25) is 4.18 Å². The predicted octanol–water partition coefficient (Wildman–Crippen LogP) is -1.88. The Morgan fingerprint density at radius 1 is 1.20 bits per heavy atom. The van der Waals surface area contributed by atoms with Crippen molar-refractivity contribution in [3.8, 4) is 0 Å². The Morgan fingerprint density at radius 2 is 1.72 bits per heavy atom. The van der Waals surface area contributed by atoms with Gasteiger partial charge in [0.25, 0.3) is 10.1 Å². The maximum atomic E-state index is 11.1. The van der Waals surface area contributed by atoms with Crippen LogP contribution in [-0.2, 0) is 23.8 Å². The first-order valence-corrected chi connectivity index (χ1v) is 8.68. The number of benzene rings is 1. The van der Waals surface area contributed by atoms with Crippen LogP contribution in [0.1, 0.15) is 6.92 Å². The normalized spacial score (nSPS) is 10.8. The van der Waals surface area contributed by atoms with Crippen molar-refractivity contribution in [2.24, 2.45) is 5.73 Å². The maximum Gasteiger partial charge on any atom is 0.333 e. The lowest BCUT2D eigenvalue weighted by atomic mass is 10.4. The van der Waals surface area contributed by atoms with Gasteiger partial charge in [0.05, 0.1) is 26.0 Å². The molecule has 1 aromatic rings. The van der Waals surface area contributed by atoms with E-state index in [0.29, 0.717) is 12.2 Å². The molecule has 1 aromatic carbocycles. The van der Waals surface area contributed by atoms with Gasteiger partial charge in [-0.15, -0.1) is 0 Å². The Hall–Kier alpha value is -1.26. The molecule has 9 heteroatoms. The molecule has 0 bridgehead atoms. The van der Waals surface area contributed by atoms with E-state index in [1.165, 1.54) is 12.1 Å². The third-order valence-corrected chi connectivity index (χ3v) is 3.89. The molecule has 0 saturated carbocycles. The van der Waals surface area contributed by atoms with Crippen molar-refractivity contribution in [1.82, 2.24) is 0 Å². The first-order valence-electron chi connectivity index (χ1n) is 7.27. The van der Waals surface area contributed by atoms with E-state index < -0.39 is 10.1 Å². The van der Waals surface area contributed by atoms with Crippen LogP contribution in [0.5, 0.6) is 0 Å². The van der Waals surface area contributed by atoms with Crippen LogP contribution in [0.15, 0.2) is 47.4 Å². The predicted molar refractivity (Wildman–Crippen MR) is 92.4 cm³/mol. The van der Waals surface area contributed by atoms with Gasteiger partial charge in [0.15, 0.2) is 0 Å². The first-order chi connectivity index (χ1) is 11.0. The lowest BCUT2D eigenvalue weighted by Gasteiger charge is -2.23. The fourth-order valence-corrected chi connectivity index (χ4v) is 2.09. The highest BCUT2D eigenvalue weighted by atomic mass is 79.9. The molecule has 0 aliphatic heterocycles. The number of likely N-dealkylation sites (N-methyl/N-ethyl adjacent to an activating group) is 1. The lowest BCUT2D eigenvalue weighted by molar-refractivity contribution is -0.870. The van der Waals surface area contributed by atoms with Crippen LogP contribution in [-0.4, -0.2) is 59.9 Å². The fourth-order valence-electron chi connectivity index (χ4n) is 1.28. The Bertz CT molecular complexity index is 628. The zero-order valence-electron chi connectivity index (χ0n) is 15.1. The second-order valence-corrected chi connectivity index (χ2v) is 7.60. The van der Waals surface area contributed by atoms with Crippen LogP contribution >= 0.6 is 0 Å². The third kappa shape index (κ3) is 12.7. The van der Waals surface area contributed by atoms with Crippen LogP contribution in [0.3, 0.4) is 0 Å². The fraction of sp³-hybridized carbons (Fsp3) is 0.438. The summed E-state index contributed by atoms with van der Waals surface area (Å²) in [6.45, 7) is 6.07. The van der Waals surface area contributed by atoms with Gasteiger partial charge in [0.2, 0.25) is 0 Å². The van der Waals surface area contributed by atoms with Crippen molar-refractivity contribution < 1.29 is 43.6 Å². The molecule has 0 aliphatic carbocycles. The number of hydrogen-bond donors (Lipinski definition) is 1. The molecule has 0 unspecified atom stereocenters. The van der Waals surface area contributed by atoms with E-state index in [-0.39, 0.29) is 34.6 Å². The summed E-state index contributed by atoms with van der Waals surface area (Å²) in [6, 6.07) is 7.86. The Morgan fingerprint density at radius 3 is 2.12 bits per heavy atom. The van der Waals surface area contributed by atoms with Gasteiger partial charge in [-0.2, -0.15) is 8.42 Å². The number of halogens is 1. The van der Waals surface area contributed by atoms with E-state index in [2.05, 4.69) is 31.9 Å². The van der Waals surface area contributed by atoms with Crippen LogP contribution in [0, 0.1) is 0 Å². The maximum absolute atomic E-state index is 11.1. The van der Waals surface area contributed by atoms with Gasteiger partial charge < -0.3 is 31.9 Å². The molecule has 0 heterocycles. The van der Waals surface area contributed by atoms with E-state index >= 15 is 0 Å². The van der Waals surface area contributed by atoms with Crippen LogP contribution in [0.4, 0.5) is 0 Å². The molecular weight excluding hydrogens is 412 g/mol. The van der Waals surface area contributed by atoms with Crippen molar-refractivity contribution in [2.75, 3.05) is 41.0 Å². The highest BCUT2D eigenvalue weighted by molar-refractivity contribution is 7.86. The molecule has 0 fully saturated rings. The number of ether oxygens (including phenoxy) is 1. The SMILES string of the molecule is C=C(C)C(=O)OCC[N+](C)(C)C.NCOS(=O)(=O)c1ccccc1.[Br-]. The molecule has 0 amide bonds. The summed E-state index contributed by atoms with van der Waals surface area (Å²) in [5.74, 6) is -0.302. The summed E-state index contributed by atoms with van der Waals surface area (Å²) < 4.78 is 32.3. The number of carbonyl (C=O) groups is 1. The molecule has 7 nitrogen and oxygen atoms in total. The summed E-state index contributed by atoms with van der Waals surface area (Å²) >= 11 is 0. The molecule has 2 N–H and O–H groups in total. The summed E-state index contributed by atoms with van der Waals surface area (Å²) in [4.78, 5) is 11.0. The van der Waals surface area contributed by atoms with Gasteiger partial charge in [0.1, 0.15) is 19.9 Å². The second-order valence-electron chi connectivity index (χ2n) is 5.98. The smallest absolute Gasteiger partial charge is 0.333 e. The van der Waals surface area contributed by atoms with Crippen LogP contribution in [0.25, 0.3) is 0 Å². The number of nitrogens with zero attached hydrogens (tertiary/aromatic N) is 1. The van der Waals surface area contributed by atoms with Crippen molar-refractivity contribution in [2.45, 2.75) is 11.8 Å². The molecule has 0 radical (unpaired) electrons. The molecule has 25 heavy (non-hydrogen) atoms. The lowest BCUT2D eigenvalue weighted by Crippen LogP contribution is -3.00. The molecular formula is C16H27BrN2O5S. The quantitative estimate of drug-likeness (QED) is 0.176. The number of rotatable bonds is 7. The topological polar surface area (TPSA) is 95.7 Å². The number of hydrogen-bond acceptors (Lipinski definition) is 6. The number of quaternary nitrogens is 1. The van der Waals surface area contributed by atoms with Gasteiger partial charge in [-0.1, -0.05) is 24.8 Å². The number of esters is 1. The molecule has 0 aromatic heterocycles. The van der Waals surface area contributed by atoms with E-state index in [9.17, 15) is 13.2 Å². The van der Waals surface area contributed by atoms with E-state index in [0.717, 1.165) is 11.0 Å². The summed E-state index contributed by atoms with van der Waals surface area (Å²) in [5.41, 5.74) is 5.41. The minimum Gasteiger partial charge on any atom is -1.00 e. The Kier molecular flexibility index (Phi) is 12.6. The minimum absolute atomic E-state index is 0. The van der Waals surface area contributed by atoms with Crippen molar-refractivity contribution in [3.63, 3.8) is 0 Å². The minimum atomic E-state index is -3.64. The molecule has 0 atom stereocenters. The summed E-state index contributed by atoms with van der Waals surface area (Å²) in [7, 11) is 2.52. The van der Waals surface area contributed by atoms with E-state index in [1.54, 1.807) is 25.1 Å². The van der Waals surface area contributed by atoms with Gasteiger partial charge >= 0.3 is 5.97 Å². The molecule has 144 valence electrons. The largest absolute Gasteiger partial charge is 1.00 e. The van der Waals surface area contributed by atoms with E-state index in [1.807, 2.05) is 0 Å². The van der Waals surface area contributed by atoms with E-state index in [4.69, 9.17) is 10.5 Å². The van der Waals surface area contributed by atoms with Crippen LogP contribution in [0.2, 0.25) is 0 Å². The van der Waals surface area contributed by atoms with Crippen molar-refractivity contribution in [3.05, 3.63) is 42.5 Å². The highest BCUT2D eigenvalue weighted by Crippen LogP contribution is 2.09. The monoisotopic (exact) mass is 438 g/mol. The third-order valence-electron chi connectivity index (χ3n) is 2.60. The molecule has 0 saturated heterocycles. The number of nitrogens with two attached hydrogens (primary N) is 1. The van der Waals surface area contributed by atoms with Crippen LogP contribution < -0.4 is 22.7 Å². The standard InChI is InChI=1S/C9H18NO2.C7H9NO3S.BrH/c1-8(2)9(11)12-7-6-10(3,4)5;8-6-11-12(9,10)7-4-2-1-3-5-7;/h1,6-7H2,2-5H3;1-5H,6,8H2;1H/q+1;;/p-1. The average Bonchev–Trinajstić information content (AvgIpc) is 2.47. The van der Waals surface area contributed by atoms with Crippen molar-refractivity contribution in [1.29, 1.82) is 0 Å².